The summed E-state index contributed by atoms with van der Waals surface area (Å²) < 4.78 is 22.7. The molecule has 0 fully saturated rings. The predicted molar refractivity (Wildman–Crippen MR) is 44.6 cm³/mol. The van der Waals surface area contributed by atoms with Crippen LogP contribution in [0.5, 0.6) is 0 Å². The van der Waals surface area contributed by atoms with Crippen molar-refractivity contribution in [2.24, 2.45) is 0 Å². The van der Waals surface area contributed by atoms with Crippen molar-refractivity contribution >= 4 is 21.2 Å². The molecule has 11 heavy (non-hydrogen) atoms. The van der Waals surface area contributed by atoms with Gasteiger partial charge < -0.3 is 0 Å². The topological polar surface area (TPSA) is 47.0 Å². The van der Waals surface area contributed by atoms with Gasteiger partial charge >= 0.3 is 0 Å². The molecule has 3 nitrogen and oxygen atoms in total. The summed E-state index contributed by atoms with van der Waals surface area (Å²) in [6, 6.07) is 0. The van der Waals surface area contributed by atoms with Crippen LogP contribution < -0.4 is 0 Å². The van der Waals surface area contributed by atoms with Gasteiger partial charge in [-0.3, -0.25) is 0 Å². The molecule has 62 valence electrons. The number of hydrogen-bond donors (Lipinski definition) is 0. The van der Waals surface area contributed by atoms with Crippen LogP contribution >= 0.6 is 11.3 Å². The first-order chi connectivity index (χ1) is 5.06. The van der Waals surface area contributed by atoms with Gasteiger partial charge in [0.1, 0.15) is 4.21 Å². The number of nitrogens with zero attached hydrogens (tertiary/aromatic N) is 1. The lowest BCUT2D eigenvalue weighted by Crippen LogP contribution is -2.00. The van der Waals surface area contributed by atoms with E-state index in [0.717, 1.165) is 5.01 Å². The van der Waals surface area contributed by atoms with Crippen molar-refractivity contribution in [1.29, 1.82) is 0 Å². The standard InChI is InChI=1S/C6H9NO2S2/c1-3-11(8,9)6-4-7-5(2)10-6/h4H,3H2,1-2H3. The highest BCUT2D eigenvalue weighted by Gasteiger charge is 2.13. The Morgan fingerprint density at radius 3 is 2.64 bits per heavy atom. The second-order valence-corrected chi connectivity index (χ2v) is 5.84. The van der Waals surface area contributed by atoms with Crippen LogP contribution in [0.4, 0.5) is 0 Å². The highest BCUT2D eigenvalue weighted by Crippen LogP contribution is 2.18. The van der Waals surface area contributed by atoms with E-state index in [4.69, 9.17) is 0 Å². The zero-order valence-electron chi connectivity index (χ0n) is 6.36. The Balaban J connectivity index is 3.13. The second-order valence-electron chi connectivity index (χ2n) is 2.10. The second kappa shape index (κ2) is 2.91. The minimum atomic E-state index is -3.02. The van der Waals surface area contributed by atoms with E-state index >= 15 is 0 Å². The minimum absolute atomic E-state index is 0.147. The molecular weight excluding hydrogens is 182 g/mol. The van der Waals surface area contributed by atoms with Crippen LogP contribution in [0.2, 0.25) is 0 Å². The highest BCUT2D eigenvalue weighted by atomic mass is 32.2. The van der Waals surface area contributed by atoms with E-state index in [0.29, 0.717) is 4.21 Å². The molecule has 0 aliphatic heterocycles. The first-order valence-corrected chi connectivity index (χ1v) is 5.68. The van der Waals surface area contributed by atoms with Gasteiger partial charge in [0.2, 0.25) is 0 Å². The molecule has 1 aromatic rings. The van der Waals surface area contributed by atoms with Gasteiger partial charge in [-0.15, -0.1) is 11.3 Å². The summed E-state index contributed by atoms with van der Waals surface area (Å²) in [5.41, 5.74) is 0. The highest BCUT2D eigenvalue weighted by molar-refractivity contribution is 7.93. The molecule has 0 aromatic carbocycles. The van der Waals surface area contributed by atoms with Crippen LogP contribution in [0.15, 0.2) is 10.4 Å². The lowest BCUT2D eigenvalue weighted by atomic mass is 10.8. The van der Waals surface area contributed by atoms with E-state index in [1.54, 1.807) is 13.8 Å². The number of aryl methyl sites for hydroxylation is 1. The molecule has 0 aliphatic carbocycles. The summed E-state index contributed by atoms with van der Waals surface area (Å²) in [6.45, 7) is 3.42. The molecule has 0 bridgehead atoms. The zero-order chi connectivity index (χ0) is 8.48. The predicted octanol–water partition coefficient (Wildman–Crippen LogP) is 1.25. The molecule has 0 saturated carbocycles. The lowest BCUT2D eigenvalue weighted by Gasteiger charge is -1.92. The molecule has 0 saturated heterocycles. The molecule has 0 atom stereocenters. The van der Waals surface area contributed by atoms with Crippen LogP contribution in [0.3, 0.4) is 0 Å². The van der Waals surface area contributed by atoms with Crippen molar-refractivity contribution in [2.45, 2.75) is 18.1 Å². The van der Waals surface area contributed by atoms with Gasteiger partial charge in [-0.2, -0.15) is 0 Å². The normalized spacial score (nSPS) is 11.8. The zero-order valence-corrected chi connectivity index (χ0v) is 8.00. The van der Waals surface area contributed by atoms with E-state index in [9.17, 15) is 8.42 Å². The quantitative estimate of drug-likeness (QED) is 0.706. The first-order valence-electron chi connectivity index (χ1n) is 3.21. The molecule has 1 heterocycles. The van der Waals surface area contributed by atoms with Gasteiger partial charge in [-0.1, -0.05) is 6.92 Å². The Labute approximate surface area is 70.0 Å². The fourth-order valence-corrected chi connectivity index (χ4v) is 2.85. The van der Waals surface area contributed by atoms with E-state index in [2.05, 4.69) is 4.98 Å². The van der Waals surface area contributed by atoms with Crippen molar-refractivity contribution in [1.82, 2.24) is 4.98 Å². The fraction of sp³-hybridized carbons (Fsp3) is 0.500. The first kappa shape index (κ1) is 8.67. The number of rotatable bonds is 2. The number of thiazole rings is 1. The number of hydrogen-bond acceptors (Lipinski definition) is 4. The summed E-state index contributed by atoms with van der Waals surface area (Å²) >= 11 is 1.22. The van der Waals surface area contributed by atoms with Crippen LogP contribution in [0.25, 0.3) is 0 Å². The monoisotopic (exact) mass is 191 g/mol. The van der Waals surface area contributed by atoms with Crippen molar-refractivity contribution in [2.75, 3.05) is 5.75 Å². The third-order valence-electron chi connectivity index (χ3n) is 1.29. The van der Waals surface area contributed by atoms with Gasteiger partial charge in [0.05, 0.1) is 17.0 Å². The molecule has 1 aromatic heterocycles. The maximum absolute atomic E-state index is 11.2. The minimum Gasteiger partial charge on any atom is -0.249 e. The van der Waals surface area contributed by atoms with Crippen molar-refractivity contribution in [3.05, 3.63) is 11.2 Å². The van der Waals surface area contributed by atoms with E-state index in [1.165, 1.54) is 17.5 Å². The van der Waals surface area contributed by atoms with Gasteiger partial charge in [0, 0.05) is 0 Å². The Morgan fingerprint density at radius 2 is 2.27 bits per heavy atom. The molecule has 0 unspecified atom stereocenters. The van der Waals surface area contributed by atoms with E-state index in [1.807, 2.05) is 0 Å². The summed E-state index contributed by atoms with van der Waals surface area (Å²) in [6.07, 6.45) is 1.42. The molecule has 0 spiro atoms. The SMILES string of the molecule is CCS(=O)(=O)c1cnc(C)s1. The maximum atomic E-state index is 11.2. The molecular formula is C6H9NO2S2. The van der Waals surface area contributed by atoms with Gasteiger partial charge in [0.15, 0.2) is 9.84 Å². The molecule has 0 aliphatic rings. The molecule has 1 rings (SSSR count). The molecule has 5 heteroatoms. The molecule has 0 radical (unpaired) electrons. The van der Waals surface area contributed by atoms with Crippen LogP contribution in [-0.2, 0) is 9.84 Å². The summed E-state index contributed by atoms with van der Waals surface area (Å²) in [4.78, 5) is 3.87. The van der Waals surface area contributed by atoms with Gasteiger partial charge in [0.25, 0.3) is 0 Å². The van der Waals surface area contributed by atoms with E-state index < -0.39 is 9.84 Å². The Hall–Kier alpha value is -0.420. The van der Waals surface area contributed by atoms with E-state index in [-0.39, 0.29) is 5.75 Å². The Bertz CT molecular complexity index is 339. The fourth-order valence-electron chi connectivity index (χ4n) is 0.628. The third kappa shape index (κ3) is 1.78. The smallest absolute Gasteiger partial charge is 0.189 e. The third-order valence-corrected chi connectivity index (χ3v) is 4.48. The largest absolute Gasteiger partial charge is 0.249 e. The number of aromatic nitrogens is 1. The van der Waals surface area contributed by atoms with Crippen molar-refractivity contribution in [3.8, 4) is 0 Å². The summed E-state index contributed by atoms with van der Waals surface area (Å²) in [5.74, 6) is 0.147. The maximum Gasteiger partial charge on any atom is 0.189 e. The number of sulfone groups is 1. The summed E-state index contributed by atoms with van der Waals surface area (Å²) in [5, 5.41) is 0.789. The van der Waals surface area contributed by atoms with Crippen LogP contribution in [0.1, 0.15) is 11.9 Å². The summed E-state index contributed by atoms with van der Waals surface area (Å²) in [7, 11) is -3.02. The van der Waals surface area contributed by atoms with Crippen LogP contribution in [0, 0.1) is 6.92 Å². The lowest BCUT2D eigenvalue weighted by molar-refractivity contribution is 0.599. The van der Waals surface area contributed by atoms with Crippen molar-refractivity contribution in [3.63, 3.8) is 0 Å². The molecule has 0 amide bonds. The average Bonchev–Trinajstić information content (AvgIpc) is 2.36. The van der Waals surface area contributed by atoms with Crippen LogP contribution in [-0.4, -0.2) is 19.2 Å². The van der Waals surface area contributed by atoms with Gasteiger partial charge in [-0.05, 0) is 6.92 Å². The van der Waals surface area contributed by atoms with Gasteiger partial charge in [-0.25, -0.2) is 13.4 Å². The molecule has 0 N–H and O–H groups in total. The van der Waals surface area contributed by atoms with Crippen molar-refractivity contribution < 1.29 is 8.42 Å². The Kier molecular flexibility index (Phi) is 2.29. The Morgan fingerprint density at radius 1 is 1.64 bits per heavy atom. The average molecular weight is 191 g/mol.